The van der Waals surface area contributed by atoms with Crippen molar-refractivity contribution in [2.24, 2.45) is 10.9 Å². The van der Waals surface area contributed by atoms with E-state index in [9.17, 15) is 0 Å². The molecule has 154 valence electrons. The Balaban J connectivity index is 1.45. The maximum atomic E-state index is 5.09. The number of rotatable bonds is 1. The van der Waals surface area contributed by atoms with Crippen LogP contribution in [0.5, 0.6) is 0 Å². The van der Waals surface area contributed by atoms with Crippen LogP contribution < -0.4 is 15.3 Å². The molecular formula is C30H24N2. The van der Waals surface area contributed by atoms with Gasteiger partial charge in [-0.2, -0.15) is 0 Å². The minimum Gasteiger partial charge on any atom is -0.295 e. The van der Waals surface area contributed by atoms with Crippen molar-refractivity contribution in [1.29, 1.82) is 0 Å². The number of anilines is 1. The van der Waals surface area contributed by atoms with Crippen LogP contribution in [-0.4, -0.2) is 12.4 Å². The Bertz CT molecular complexity index is 1450. The Hall–Kier alpha value is -3.91. The molecule has 6 rings (SSSR count). The van der Waals surface area contributed by atoms with Crippen molar-refractivity contribution >= 4 is 23.7 Å². The third-order valence-electron chi connectivity index (χ3n) is 6.53. The molecule has 0 aromatic heterocycles. The van der Waals surface area contributed by atoms with Crippen molar-refractivity contribution in [1.82, 2.24) is 0 Å². The first kappa shape index (κ1) is 18.8. The van der Waals surface area contributed by atoms with Gasteiger partial charge in [-0.25, -0.2) is 0 Å². The number of nitrogens with zero attached hydrogens (tertiary/aromatic N) is 2. The molecule has 0 spiro atoms. The normalized spacial score (nSPS) is 23.1. The van der Waals surface area contributed by atoms with Crippen LogP contribution in [-0.2, 0) is 0 Å². The zero-order valence-electron chi connectivity index (χ0n) is 17.9. The smallest absolute Gasteiger partial charge is 0.141 e. The summed E-state index contributed by atoms with van der Waals surface area (Å²) in [5, 5.41) is 2.63. The third-order valence-corrected chi connectivity index (χ3v) is 6.53. The zero-order chi connectivity index (χ0) is 21.5. The van der Waals surface area contributed by atoms with Crippen LogP contribution in [0.25, 0.3) is 23.3 Å². The first-order valence-corrected chi connectivity index (χ1v) is 11.2. The van der Waals surface area contributed by atoms with Crippen molar-refractivity contribution in [3.63, 3.8) is 0 Å². The van der Waals surface area contributed by atoms with Crippen LogP contribution in [0.15, 0.2) is 114 Å². The molecule has 3 aromatic carbocycles. The van der Waals surface area contributed by atoms with Gasteiger partial charge in [-0.05, 0) is 40.1 Å². The summed E-state index contributed by atoms with van der Waals surface area (Å²) in [4.78, 5) is 7.29. The molecule has 2 heterocycles. The van der Waals surface area contributed by atoms with Gasteiger partial charge < -0.3 is 0 Å². The first-order chi connectivity index (χ1) is 15.8. The second kappa shape index (κ2) is 7.65. The number of hydrogen-bond acceptors (Lipinski definition) is 2. The second-order valence-corrected chi connectivity index (χ2v) is 8.43. The fraction of sp³-hybridized carbons (Fsp3) is 0.100. The van der Waals surface area contributed by atoms with Crippen molar-refractivity contribution < 1.29 is 0 Å². The van der Waals surface area contributed by atoms with Gasteiger partial charge in [0.15, 0.2) is 0 Å². The topological polar surface area (TPSA) is 15.6 Å². The summed E-state index contributed by atoms with van der Waals surface area (Å²) in [6.07, 6.45) is 12.4. The van der Waals surface area contributed by atoms with E-state index < -0.39 is 0 Å². The highest BCUT2D eigenvalue weighted by atomic mass is 15.2. The van der Waals surface area contributed by atoms with Crippen molar-refractivity contribution in [3.05, 3.63) is 125 Å². The van der Waals surface area contributed by atoms with E-state index in [1.54, 1.807) is 0 Å². The highest BCUT2D eigenvalue weighted by Crippen LogP contribution is 2.41. The van der Waals surface area contributed by atoms with Gasteiger partial charge in [-0.1, -0.05) is 97.6 Å². The summed E-state index contributed by atoms with van der Waals surface area (Å²) in [7, 11) is 0. The molecule has 1 aliphatic carbocycles. The molecule has 1 atom stereocenters. The van der Waals surface area contributed by atoms with Crippen LogP contribution in [0, 0.1) is 5.92 Å². The SMILES string of the molecule is C=C1/C=C\C(C2C=c3ccccc3=CC2)=C/C/N=C2/c3ccccc3-c3ccccc3N12. The lowest BCUT2D eigenvalue weighted by Crippen LogP contribution is -2.33. The molecule has 3 aromatic rings. The van der Waals surface area contributed by atoms with E-state index in [1.165, 1.54) is 27.1 Å². The molecule has 2 nitrogen and oxygen atoms in total. The van der Waals surface area contributed by atoms with Gasteiger partial charge in [0.05, 0.1) is 12.2 Å². The molecule has 32 heavy (non-hydrogen) atoms. The maximum absolute atomic E-state index is 5.09. The quantitative estimate of drug-likeness (QED) is 0.536. The van der Waals surface area contributed by atoms with E-state index in [1.807, 2.05) is 0 Å². The van der Waals surface area contributed by atoms with Gasteiger partial charge in [0.25, 0.3) is 0 Å². The lowest BCUT2D eigenvalue weighted by atomic mass is 9.89. The van der Waals surface area contributed by atoms with Crippen LogP contribution in [0.4, 0.5) is 5.69 Å². The Labute approximate surface area is 188 Å². The van der Waals surface area contributed by atoms with Gasteiger partial charge in [-0.3, -0.25) is 9.89 Å². The van der Waals surface area contributed by atoms with E-state index >= 15 is 0 Å². The Morgan fingerprint density at radius 1 is 0.750 bits per heavy atom. The molecule has 3 aliphatic rings. The van der Waals surface area contributed by atoms with Crippen LogP contribution in [0.3, 0.4) is 0 Å². The van der Waals surface area contributed by atoms with Crippen molar-refractivity contribution in [2.45, 2.75) is 6.42 Å². The summed E-state index contributed by atoms with van der Waals surface area (Å²) >= 11 is 0. The molecule has 2 aliphatic heterocycles. The number of amidine groups is 1. The van der Waals surface area contributed by atoms with E-state index in [-0.39, 0.29) is 0 Å². The predicted molar refractivity (Wildman–Crippen MR) is 135 cm³/mol. The number of para-hydroxylation sites is 1. The molecular weight excluding hydrogens is 388 g/mol. The molecule has 0 bridgehead atoms. The molecule has 0 N–H and O–H groups in total. The zero-order valence-corrected chi connectivity index (χ0v) is 17.9. The highest BCUT2D eigenvalue weighted by Gasteiger charge is 2.28. The minimum atomic E-state index is 0.351. The number of hydrogen-bond donors (Lipinski definition) is 0. The summed E-state index contributed by atoms with van der Waals surface area (Å²) in [5.41, 5.74) is 6.96. The van der Waals surface area contributed by atoms with Gasteiger partial charge in [-0.15, -0.1) is 0 Å². The summed E-state index contributed by atoms with van der Waals surface area (Å²) in [6, 6.07) is 25.7. The number of benzene rings is 3. The number of aliphatic imine (C=N–C) groups is 1. The average Bonchev–Trinajstić information content (AvgIpc) is 2.93. The van der Waals surface area contributed by atoms with Gasteiger partial charge >= 0.3 is 0 Å². The van der Waals surface area contributed by atoms with E-state index in [0.717, 1.165) is 29.2 Å². The second-order valence-electron chi connectivity index (χ2n) is 8.43. The van der Waals surface area contributed by atoms with Gasteiger partial charge in [0.2, 0.25) is 0 Å². The number of allylic oxidation sites excluding steroid dienone is 3. The molecule has 0 saturated heterocycles. The molecule has 1 unspecified atom stereocenters. The summed E-state index contributed by atoms with van der Waals surface area (Å²) < 4.78 is 0. The van der Waals surface area contributed by atoms with Gasteiger partial charge in [0.1, 0.15) is 5.84 Å². The van der Waals surface area contributed by atoms with E-state index in [2.05, 4.69) is 115 Å². The largest absolute Gasteiger partial charge is 0.295 e. The fourth-order valence-electron chi connectivity index (χ4n) is 4.96. The molecule has 0 radical (unpaired) electrons. The molecule has 0 amide bonds. The minimum absolute atomic E-state index is 0.351. The first-order valence-electron chi connectivity index (χ1n) is 11.2. The molecule has 0 fully saturated rings. The fourth-order valence-corrected chi connectivity index (χ4v) is 4.96. The van der Waals surface area contributed by atoms with Gasteiger partial charge in [0, 0.05) is 22.7 Å². The monoisotopic (exact) mass is 412 g/mol. The summed E-state index contributed by atoms with van der Waals surface area (Å²) in [6.45, 7) is 5.08. The lowest BCUT2D eigenvalue weighted by Gasteiger charge is -2.34. The molecule has 0 saturated carbocycles. The Morgan fingerprint density at radius 3 is 2.34 bits per heavy atom. The van der Waals surface area contributed by atoms with Crippen LogP contribution in [0.2, 0.25) is 0 Å². The summed E-state index contributed by atoms with van der Waals surface area (Å²) in [5.74, 6) is 1.32. The molecule has 2 heteroatoms. The van der Waals surface area contributed by atoms with Crippen LogP contribution >= 0.6 is 0 Å². The third kappa shape index (κ3) is 3.07. The van der Waals surface area contributed by atoms with Crippen molar-refractivity contribution in [3.8, 4) is 11.1 Å². The maximum Gasteiger partial charge on any atom is 0.141 e. The lowest BCUT2D eigenvalue weighted by molar-refractivity contribution is 0.847. The highest BCUT2D eigenvalue weighted by molar-refractivity contribution is 6.20. The Kier molecular flexibility index (Phi) is 4.50. The van der Waals surface area contributed by atoms with Crippen molar-refractivity contribution in [2.75, 3.05) is 11.4 Å². The Morgan fingerprint density at radius 2 is 1.47 bits per heavy atom. The average molecular weight is 413 g/mol. The predicted octanol–water partition coefficient (Wildman–Crippen LogP) is 5.21. The van der Waals surface area contributed by atoms with E-state index in [4.69, 9.17) is 4.99 Å². The number of fused-ring (bicyclic) bond motifs is 7. The standard InChI is InChI=1S/C30H24N2/c1-21-14-15-23(25-17-16-22-8-2-3-9-24(22)20-25)18-19-31-30-28-12-5-4-10-26(28)27-11-6-7-13-29(27)32(21)30/h2-16,18,20,25H,1,17,19H2/b15-14-,23-18+,31-30-. The van der Waals surface area contributed by atoms with Crippen LogP contribution in [0.1, 0.15) is 12.0 Å². The van der Waals surface area contributed by atoms with E-state index in [0.29, 0.717) is 12.5 Å².